The van der Waals surface area contributed by atoms with Gasteiger partial charge in [0.1, 0.15) is 0 Å². The summed E-state index contributed by atoms with van der Waals surface area (Å²) in [4.78, 5) is 11.9. The molecule has 1 unspecified atom stereocenters. The first-order valence-corrected chi connectivity index (χ1v) is 7.26. The molecule has 1 aliphatic heterocycles. The molecule has 2 N–H and O–H groups in total. The van der Waals surface area contributed by atoms with E-state index in [-0.39, 0.29) is 30.0 Å². The molecule has 1 atom stereocenters. The van der Waals surface area contributed by atoms with Crippen molar-refractivity contribution < 1.29 is 27.4 Å². The Bertz CT molecular complexity index is 543. The molecule has 1 aliphatic rings. The van der Waals surface area contributed by atoms with Crippen LogP contribution in [-0.4, -0.2) is 38.4 Å². The van der Waals surface area contributed by atoms with E-state index in [9.17, 15) is 18.0 Å². The van der Waals surface area contributed by atoms with Crippen molar-refractivity contribution in [2.75, 3.05) is 20.3 Å². The number of carbonyl (C=O) groups is 1. The number of alkyl halides is 3. The first-order chi connectivity index (χ1) is 10.9. The third kappa shape index (κ3) is 5.31. The monoisotopic (exact) mass is 332 g/mol. The molecule has 0 aromatic heterocycles. The smallest absolute Gasteiger partial charge is 0.422 e. The zero-order valence-electron chi connectivity index (χ0n) is 12.7. The number of halogens is 3. The van der Waals surface area contributed by atoms with Gasteiger partial charge in [-0.3, -0.25) is 4.79 Å². The van der Waals surface area contributed by atoms with Gasteiger partial charge in [0.05, 0.1) is 13.2 Å². The summed E-state index contributed by atoms with van der Waals surface area (Å²) in [6.07, 6.45) is -2.64. The topological polar surface area (TPSA) is 59.6 Å². The van der Waals surface area contributed by atoms with E-state index in [0.717, 1.165) is 19.4 Å². The van der Waals surface area contributed by atoms with E-state index < -0.39 is 12.8 Å². The average molecular weight is 332 g/mol. The third-order valence-electron chi connectivity index (χ3n) is 3.46. The maximum atomic E-state index is 12.2. The molecule has 8 heteroatoms. The normalized spacial score (nSPS) is 17.8. The van der Waals surface area contributed by atoms with Crippen molar-refractivity contribution in [1.82, 2.24) is 10.6 Å². The molecule has 0 aliphatic carbocycles. The van der Waals surface area contributed by atoms with Gasteiger partial charge in [0.15, 0.2) is 18.1 Å². The van der Waals surface area contributed by atoms with Crippen molar-refractivity contribution in [3.8, 4) is 11.5 Å². The largest absolute Gasteiger partial charge is 0.493 e. The Labute approximate surface area is 132 Å². The van der Waals surface area contributed by atoms with Gasteiger partial charge in [-0.2, -0.15) is 13.2 Å². The molecule has 1 amide bonds. The molecule has 1 heterocycles. The van der Waals surface area contributed by atoms with Gasteiger partial charge in [0, 0.05) is 6.54 Å². The van der Waals surface area contributed by atoms with Crippen LogP contribution in [0.1, 0.15) is 18.4 Å². The third-order valence-corrected chi connectivity index (χ3v) is 3.46. The molecule has 23 heavy (non-hydrogen) atoms. The van der Waals surface area contributed by atoms with Crippen LogP contribution in [0.25, 0.3) is 0 Å². The zero-order valence-corrected chi connectivity index (χ0v) is 12.7. The maximum Gasteiger partial charge on any atom is 0.422 e. The second kappa shape index (κ2) is 7.54. The summed E-state index contributed by atoms with van der Waals surface area (Å²) in [7, 11) is 1.35. The van der Waals surface area contributed by atoms with Crippen molar-refractivity contribution in [2.24, 2.45) is 0 Å². The summed E-state index contributed by atoms with van der Waals surface area (Å²) in [5, 5.41) is 5.88. The number of ether oxygens (including phenoxy) is 2. The summed E-state index contributed by atoms with van der Waals surface area (Å²) < 4.78 is 46.3. The highest BCUT2D eigenvalue weighted by molar-refractivity contribution is 5.82. The Balaban J connectivity index is 1.93. The number of rotatable bonds is 6. The average Bonchev–Trinajstić information content (AvgIpc) is 3.04. The van der Waals surface area contributed by atoms with Crippen LogP contribution in [0.3, 0.4) is 0 Å². The summed E-state index contributed by atoms with van der Waals surface area (Å²) >= 11 is 0. The number of nitrogens with one attached hydrogen (secondary N) is 2. The molecular formula is C15H19F3N2O3. The number of hydrogen-bond donors (Lipinski definition) is 2. The van der Waals surface area contributed by atoms with Crippen LogP contribution in [0.5, 0.6) is 11.5 Å². The zero-order chi connectivity index (χ0) is 16.9. The molecule has 1 fully saturated rings. The van der Waals surface area contributed by atoms with Crippen LogP contribution in [0.2, 0.25) is 0 Å². The van der Waals surface area contributed by atoms with Crippen molar-refractivity contribution in [1.29, 1.82) is 0 Å². The van der Waals surface area contributed by atoms with E-state index in [1.807, 2.05) is 0 Å². The molecule has 0 radical (unpaired) electrons. The van der Waals surface area contributed by atoms with Gasteiger partial charge in [-0.05, 0) is 37.1 Å². The lowest BCUT2D eigenvalue weighted by Crippen LogP contribution is -2.39. The molecule has 5 nitrogen and oxygen atoms in total. The number of amides is 1. The summed E-state index contributed by atoms with van der Waals surface area (Å²) in [6, 6.07) is 4.37. The van der Waals surface area contributed by atoms with Crippen LogP contribution < -0.4 is 20.1 Å². The number of benzene rings is 1. The molecule has 0 saturated carbocycles. The molecule has 0 spiro atoms. The van der Waals surface area contributed by atoms with Gasteiger partial charge in [0.2, 0.25) is 5.91 Å². The predicted octanol–water partition coefficient (Wildman–Crippen LogP) is 2.00. The van der Waals surface area contributed by atoms with Gasteiger partial charge in [0.25, 0.3) is 0 Å². The van der Waals surface area contributed by atoms with E-state index >= 15 is 0 Å². The molecular weight excluding hydrogens is 313 g/mol. The van der Waals surface area contributed by atoms with Crippen molar-refractivity contribution in [3.05, 3.63) is 23.8 Å². The highest BCUT2D eigenvalue weighted by Crippen LogP contribution is 2.29. The SMILES string of the molecule is COc1cc(CNC(=O)C2CCCN2)ccc1OCC(F)(F)F. The quantitative estimate of drug-likeness (QED) is 0.837. The van der Waals surface area contributed by atoms with Gasteiger partial charge in [-0.15, -0.1) is 0 Å². The summed E-state index contributed by atoms with van der Waals surface area (Å²) in [5.74, 6) is 0.121. The fourth-order valence-electron chi connectivity index (χ4n) is 2.32. The predicted molar refractivity (Wildman–Crippen MR) is 77.4 cm³/mol. The van der Waals surface area contributed by atoms with Crippen molar-refractivity contribution >= 4 is 5.91 Å². The number of carbonyl (C=O) groups excluding carboxylic acids is 1. The maximum absolute atomic E-state index is 12.2. The highest BCUT2D eigenvalue weighted by atomic mass is 19.4. The Morgan fingerprint density at radius 1 is 1.39 bits per heavy atom. The van der Waals surface area contributed by atoms with Crippen LogP contribution in [0, 0.1) is 0 Å². The fraction of sp³-hybridized carbons (Fsp3) is 0.533. The minimum atomic E-state index is -4.41. The molecule has 128 valence electrons. The van der Waals surface area contributed by atoms with E-state index in [4.69, 9.17) is 9.47 Å². The Morgan fingerprint density at radius 2 is 2.17 bits per heavy atom. The highest BCUT2D eigenvalue weighted by Gasteiger charge is 2.29. The van der Waals surface area contributed by atoms with E-state index in [1.54, 1.807) is 12.1 Å². The number of hydrogen-bond acceptors (Lipinski definition) is 4. The molecule has 2 rings (SSSR count). The second-order valence-electron chi connectivity index (χ2n) is 5.26. The summed E-state index contributed by atoms with van der Waals surface area (Å²) in [5.41, 5.74) is 0.715. The first-order valence-electron chi connectivity index (χ1n) is 7.26. The van der Waals surface area contributed by atoms with Crippen LogP contribution >= 0.6 is 0 Å². The second-order valence-corrected chi connectivity index (χ2v) is 5.26. The lowest BCUT2D eigenvalue weighted by Gasteiger charge is -2.14. The minimum Gasteiger partial charge on any atom is -0.493 e. The van der Waals surface area contributed by atoms with Gasteiger partial charge in [-0.25, -0.2) is 0 Å². The van der Waals surface area contributed by atoms with Crippen LogP contribution in [0.4, 0.5) is 13.2 Å². The Morgan fingerprint density at radius 3 is 2.78 bits per heavy atom. The number of methoxy groups -OCH3 is 1. The summed E-state index contributed by atoms with van der Waals surface area (Å²) in [6.45, 7) is -0.281. The lowest BCUT2D eigenvalue weighted by atomic mass is 10.1. The Kier molecular flexibility index (Phi) is 5.70. The lowest BCUT2D eigenvalue weighted by molar-refractivity contribution is -0.153. The van der Waals surface area contributed by atoms with Gasteiger partial charge >= 0.3 is 6.18 Å². The standard InChI is InChI=1S/C15H19F3N2O3/c1-22-13-7-10(4-5-12(13)23-9-15(16,17)18)8-20-14(21)11-3-2-6-19-11/h4-5,7,11,19H,2-3,6,8-9H2,1H3,(H,20,21). The molecule has 0 bridgehead atoms. The van der Waals surface area contributed by atoms with Crippen LogP contribution in [0.15, 0.2) is 18.2 Å². The fourth-order valence-corrected chi connectivity index (χ4v) is 2.32. The molecule has 1 aromatic carbocycles. The van der Waals surface area contributed by atoms with E-state index in [0.29, 0.717) is 5.56 Å². The van der Waals surface area contributed by atoms with Gasteiger partial charge < -0.3 is 20.1 Å². The minimum absolute atomic E-state index is 0.0114. The van der Waals surface area contributed by atoms with E-state index in [2.05, 4.69) is 10.6 Å². The van der Waals surface area contributed by atoms with Crippen LogP contribution in [-0.2, 0) is 11.3 Å². The van der Waals surface area contributed by atoms with Crippen molar-refractivity contribution in [3.63, 3.8) is 0 Å². The first kappa shape index (κ1) is 17.4. The molecule has 1 aromatic rings. The molecule has 1 saturated heterocycles. The van der Waals surface area contributed by atoms with Gasteiger partial charge in [-0.1, -0.05) is 6.07 Å². The van der Waals surface area contributed by atoms with E-state index in [1.165, 1.54) is 13.2 Å². The Hall–Kier alpha value is -1.96. The van der Waals surface area contributed by atoms with Crippen molar-refractivity contribution in [2.45, 2.75) is 31.6 Å².